The minimum Gasteiger partial charge on any atom is -0.359 e. The van der Waals surface area contributed by atoms with Gasteiger partial charge >= 0.3 is 0 Å². The molecule has 2 aliphatic rings. The van der Waals surface area contributed by atoms with Crippen molar-refractivity contribution in [3.05, 3.63) is 76.1 Å². The Labute approximate surface area is 177 Å². The molecule has 0 spiro atoms. The van der Waals surface area contributed by atoms with Crippen molar-refractivity contribution in [3.8, 4) is 0 Å². The molecule has 7 heteroatoms. The largest absolute Gasteiger partial charge is 0.359 e. The van der Waals surface area contributed by atoms with Crippen LogP contribution in [0.2, 0.25) is 5.02 Å². The molecule has 146 valence electrons. The van der Waals surface area contributed by atoms with E-state index in [1.807, 2.05) is 64.9 Å². The van der Waals surface area contributed by atoms with Crippen LogP contribution in [0.5, 0.6) is 0 Å². The molecule has 1 aromatic heterocycles. The molecule has 0 saturated heterocycles. The minimum atomic E-state index is -0.474. The van der Waals surface area contributed by atoms with Crippen LogP contribution >= 0.6 is 22.9 Å². The second kappa shape index (κ2) is 6.90. The Kier molecular flexibility index (Phi) is 4.33. The van der Waals surface area contributed by atoms with Crippen molar-refractivity contribution in [2.45, 2.75) is 18.3 Å². The van der Waals surface area contributed by atoms with Crippen molar-refractivity contribution in [1.82, 2.24) is 0 Å². The molecule has 3 aromatic rings. The molecule has 0 atom stereocenters. The highest BCUT2D eigenvalue weighted by atomic mass is 35.5. The Balaban J connectivity index is 1.31. The predicted octanol–water partition coefficient (Wildman–Crippen LogP) is 5.29. The van der Waals surface area contributed by atoms with Gasteiger partial charge in [0.2, 0.25) is 5.91 Å². The van der Waals surface area contributed by atoms with Gasteiger partial charge in [-0.2, -0.15) is 0 Å². The van der Waals surface area contributed by atoms with Gasteiger partial charge in [-0.15, -0.1) is 11.3 Å². The third-order valence-electron chi connectivity index (χ3n) is 5.59. The van der Waals surface area contributed by atoms with E-state index in [1.165, 1.54) is 0 Å². The zero-order chi connectivity index (χ0) is 20.0. The van der Waals surface area contributed by atoms with E-state index in [4.69, 9.17) is 17.0 Å². The molecule has 1 fully saturated rings. The van der Waals surface area contributed by atoms with E-state index in [0.29, 0.717) is 17.5 Å². The van der Waals surface area contributed by atoms with Crippen molar-refractivity contribution in [3.63, 3.8) is 0 Å². The van der Waals surface area contributed by atoms with Crippen LogP contribution in [0.3, 0.4) is 0 Å². The molecule has 0 radical (unpaired) electrons. The fourth-order valence-corrected chi connectivity index (χ4v) is 4.73. The number of thiophene rings is 1. The molecule has 1 aliphatic carbocycles. The van der Waals surface area contributed by atoms with E-state index in [9.17, 15) is 4.79 Å². The summed E-state index contributed by atoms with van der Waals surface area (Å²) in [6.45, 7) is 0.552. The standard InChI is InChI=1S/C22H19ClN4OS/c23-15-3-1-2-14(12-15)22(9-10-22)21(28)26-16-4-6-17(7-5-16)27-13-25-20-18(19(27)24)8-11-29-20/h1-8,11-12,24-25H,9-10,13H2,(H,26,28). The zero-order valence-corrected chi connectivity index (χ0v) is 17.1. The first-order valence-electron chi connectivity index (χ1n) is 9.42. The van der Waals surface area contributed by atoms with E-state index in [0.717, 1.165) is 40.3 Å². The highest BCUT2D eigenvalue weighted by Crippen LogP contribution is 2.49. The van der Waals surface area contributed by atoms with E-state index < -0.39 is 5.41 Å². The number of benzene rings is 2. The summed E-state index contributed by atoms with van der Waals surface area (Å²) in [5.74, 6) is 0.484. The third-order valence-corrected chi connectivity index (χ3v) is 6.69. The van der Waals surface area contributed by atoms with Crippen LogP contribution in [-0.2, 0) is 10.2 Å². The molecule has 1 aliphatic heterocycles. The van der Waals surface area contributed by atoms with Gasteiger partial charge in [-0.25, -0.2) is 0 Å². The van der Waals surface area contributed by atoms with E-state index in [-0.39, 0.29) is 5.91 Å². The summed E-state index contributed by atoms with van der Waals surface area (Å²) in [4.78, 5) is 14.9. The number of amides is 1. The molecule has 2 aromatic carbocycles. The Morgan fingerprint density at radius 3 is 2.69 bits per heavy atom. The smallest absolute Gasteiger partial charge is 0.235 e. The lowest BCUT2D eigenvalue weighted by Crippen LogP contribution is -2.39. The van der Waals surface area contributed by atoms with Crippen LogP contribution in [0.1, 0.15) is 24.0 Å². The van der Waals surface area contributed by atoms with Gasteiger partial charge in [0.15, 0.2) is 0 Å². The van der Waals surface area contributed by atoms with Crippen LogP contribution in [-0.4, -0.2) is 18.4 Å². The average molecular weight is 423 g/mol. The highest BCUT2D eigenvalue weighted by Gasteiger charge is 2.51. The van der Waals surface area contributed by atoms with Crippen molar-refractivity contribution >= 4 is 51.1 Å². The summed E-state index contributed by atoms with van der Waals surface area (Å²) < 4.78 is 0. The molecule has 5 rings (SSSR count). The van der Waals surface area contributed by atoms with Crippen LogP contribution in [0.4, 0.5) is 16.4 Å². The first kappa shape index (κ1) is 18.2. The molecule has 1 amide bonds. The van der Waals surface area contributed by atoms with Crippen LogP contribution in [0.15, 0.2) is 60.0 Å². The summed E-state index contributed by atoms with van der Waals surface area (Å²) in [5.41, 5.74) is 3.07. The number of halogens is 1. The van der Waals surface area contributed by atoms with E-state index in [1.54, 1.807) is 11.3 Å². The summed E-state index contributed by atoms with van der Waals surface area (Å²) in [7, 11) is 0. The van der Waals surface area contributed by atoms with Gasteiger partial charge in [0.25, 0.3) is 0 Å². The first-order valence-corrected chi connectivity index (χ1v) is 10.7. The number of nitrogens with zero attached hydrogens (tertiary/aromatic N) is 1. The Hall–Kier alpha value is -2.83. The van der Waals surface area contributed by atoms with Crippen LogP contribution in [0.25, 0.3) is 0 Å². The monoisotopic (exact) mass is 422 g/mol. The average Bonchev–Trinajstić information content (AvgIpc) is 3.40. The molecular formula is C22H19ClN4OS. The van der Waals surface area contributed by atoms with Gasteiger partial charge in [0.05, 0.1) is 17.6 Å². The van der Waals surface area contributed by atoms with Crippen LogP contribution < -0.4 is 15.5 Å². The Morgan fingerprint density at radius 1 is 1.17 bits per heavy atom. The number of amidine groups is 1. The third kappa shape index (κ3) is 3.18. The van der Waals surface area contributed by atoms with Gasteiger partial charge in [-0.1, -0.05) is 23.7 Å². The number of nitrogens with one attached hydrogen (secondary N) is 3. The topological polar surface area (TPSA) is 68.2 Å². The van der Waals surface area contributed by atoms with Crippen molar-refractivity contribution in [2.24, 2.45) is 0 Å². The molecule has 0 bridgehead atoms. The minimum absolute atomic E-state index is 0.00261. The summed E-state index contributed by atoms with van der Waals surface area (Å²) in [6, 6.07) is 17.2. The predicted molar refractivity (Wildman–Crippen MR) is 120 cm³/mol. The second-order valence-corrected chi connectivity index (χ2v) is 8.72. The van der Waals surface area contributed by atoms with E-state index >= 15 is 0 Å². The lowest BCUT2D eigenvalue weighted by Gasteiger charge is -2.30. The summed E-state index contributed by atoms with van der Waals surface area (Å²) in [5, 5.41) is 18.5. The maximum Gasteiger partial charge on any atom is 0.235 e. The zero-order valence-electron chi connectivity index (χ0n) is 15.5. The molecule has 0 unspecified atom stereocenters. The van der Waals surface area contributed by atoms with Gasteiger partial charge in [-0.05, 0) is 66.2 Å². The SMILES string of the molecule is N=C1c2ccsc2NCN1c1ccc(NC(=O)C2(c3cccc(Cl)c3)CC2)cc1. The highest BCUT2D eigenvalue weighted by molar-refractivity contribution is 7.14. The van der Waals surface area contributed by atoms with Crippen LogP contribution in [0, 0.1) is 5.41 Å². The normalized spacial score (nSPS) is 16.7. The fraction of sp³-hybridized carbons (Fsp3) is 0.182. The molecule has 2 heterocycles. The molecule has 3 N–H and O–H groups in total. The molecular weight excluding hydrogens is 404 g/mol. The van der Waals surface area contributed by atoms with Crippen molar-refractivity contribution < 1.29 is 4.79 Å². The quantitative estimate of drug-likeness (QED) is 0.535. The Morgan fingerprint density at radius 2 is 1.97 bits per heavy atom. The second-order valence-electron chi connectivity index (χ2n) is 7.37. The first-order chi connectivity index (χ1) is 14.1. The number of hydrogen-bond acceptors (Lipinski definition) is 4. The van der Waals surface area contributed by atoms with Crippen molar-refractivity contribution in [1.29, 1.82) is 5.41 Å². The Bertz CT molecular complexity index is 1100. The number of hydrogen-bond donors (Lipinski definition) is 3. The number of rotatable bonds is 4. The molecule has 1 saturated carbocycles. The fourth-order valence-electron chi connectivity index (χ4n) is 3.76. The van der Waals surface area contributed by atoms with E-state index in [2.05, 4.69) is 10.6 Å². The molecule has 5 nitrogen and oxygen atoms in total. The maximum atomic E-state index is 12.9. The van der Waals surface area contributed by atoms with Gasteiger partial charge in [-0.3, -0.25) is 10.2 Å². The number of anilines is 3. The maximum absolute atomic E-state index is 12.9. The lowest BCUT2D eigenvalue weighted by molar-refractivity contribution is -0.118. The molecule has 29 heavy (non-hydrogen) atoms. The summed E-state index contributed by atoms with van der Waals surface area (Å²) >= 11 is 7.72. The van der Waals surface area contributed by atoms with Crippen molar-refractivity contribution in [2.75, 3.05) is 22.2 Å². The lowest BCUT2D eigenvalue weighted by atomic mass is 9.95. The number of carbonyl (C=O) groups is 1. The number of fused-ring (bicyclic) bond motifs is 1. The number of carbonyl (C=O) groups excluding carboxylic acids is 1. The van der Waals surface area contributed by atoms with Gasteiger partial charge in [0.1, 0.15) is 10.8 Å². The van der Waals surface area contributed by atoms with Gasteiger partial charge in [0, 0.05) is 16.4 Å². The van der Waals surface area contributed by atoms with Gasteiger partial charge < -0.3 is 15.5 Å². The summed E-state index contributed by atoms with van der Waals surface area (Å²) in [6.07, 6.45) is 1.66.